The van der Waals surface area contributed by atoms with Gasteiger partial charge in [-0.1, -0.05) is 41.1 Å². The van der Waals surface area contributed by atoms with E-state index in [1.807, 2.05) is 19.2 Å². The zero-order valence-corrected chi connectivity index (χ0v) is 14.7. The molecule has 1 atom stereocenters. The van der Waals surface area contributed by atoms with Crippen LogP contribution >= 0.6 is 15.9 Å². The van der Waals surface area contributed by atoms with E-state index in [1.54, 1.807) is 0 Å². The van der Waals surface area contributed by atoms with E-state index < -0.39 is 0 Å². The lowest BCUT2D eigenvalue weighted by Gasteiger charge is -2.17. The molecule has 1 unspecified atom stereocenters. The fourth-order valence-corrected chi connectivity index (χ4v) is 3.23. The van der Waals surface area contributed by atoms with Crippen LogP contribution in [0.3, 0.4) is 0 Å². The van der Waals surface area contributed by atoms with E-state index >= 15 is 0 Å². The van der Waals surface area contributed by atoms with Gasteiger partial charge in [-0.3, -0.25) is 0 Å². The summed E-state index contributed by atoms with van der Waals surface area (Å²) in [7, 11) is 1.98. The van der Waals surface area contributed by atoms with E-state index in [1.165, 1.54) is 11.1 Å². The molecular formula is C17H22BrN3. The molecule has 0 fully saturated rings. The smallest absolute Gasteiger partial charge is 0.133 e. The van der Waals surface area contributed by atoms with Gasteiger partial charge in [0.2, 0.25) is 0 Å². The first-order chi connectivity index (χ1) is 10.0. The topological polar surface area (TPSA) is 37.8 Å². The van der Waals surface area contributed by atoms with E-state index in [0.717, 1.165) is 34.7 Å². The second kappa shape index (κ2) is 7.14. The molecule has 2 aromatic rings. The van der Waals surface area contributed by atoms with E-state index in [9.17, 15) is 0 Å². The normalized spacial score (nSPS) is 12.4. The molecule has 21 heavy (non-hydrogen) atoms. The Hall–Kier alpha value is -1.26. The molecular weight excluding hydrogens is 326 g/mol. The number of hydrogen-bond donors (Lipinski definition) is 1. The van der Waals surface area contributed by atoms with Crippen molar-refractivity contribution in [2.24, 2.45) is 0 Å². The Morgan fingerprint density at radius 3 is 2.33 bits per heavy atom. The SMILES string of the molecule is CNCC(C)c1c(C)nc(Cc2ccccc2Br)nc1C. The molecule has 2 rings (SSSR count). The Morgan fingerprint density at radius 2 is 1.76 bits per heavy atom. The van der Waals surface area contributed by atoms with Gasteiger partial charge in [0, 0.05) is 28.8 Å². The number of nitrogens with one attached hydrogen (secondary N) is 1. The van der Waals surface area contributed by atoms with Crippen LogP contribution in [-0.2, 0) is 6.42 Å². The lowest BCUT2D eigenvalue weighted by atomic mass is 9.98. The molecule has 1 aromatic heterocycles. The van der Waals surface area contributed by atoms with Crippen molar-refractivity contribution in [1.29, 1.82) is 0 Å². The van der Waals surface area contributed by atoms with E-state index in [4.69, 9.17) is 9.97 Å². The van der Waals surface area contributed by atoms with E-state index in [-0.39, 0.29) is 0 Å². The third-order valence-electron chi connectivity index (χ3n) is 3.68. The summed E-state index contributed by atoms with van der Waals surface area (Å²) in [5, 5.41) is 3.22. The number of halogens is 1. The van der Waals surface area contributed by atoms with Gasteiger partial charge in [0.1, 0.15) is 5.82 Å². The Morgan fingerprint density at radius 1 is 1.14 bits per heavy atom. The number of benzene rings is 1. The predicted octanol–water partition coefficient (Wildman–Crippen LogP) is 3.77. The number of aryl methyl sites for hydroxylation is 2. The number of hydrogen-bond acceptors (Lipinski definition) is 3. The lowest BCUT2D eigenvalue weighted by molar-refractivity contribution is 0.659. The molecule has 0 saturated carbocycles. The largest absolute Gasteiger partial charge is 0.319 e. The van der Waals surface area contributed by atoms with Gasteiger partial charge in [-0.2, -0.15) is 0 Å². The van der Waals surface area contributed by atoms with Crippen LogP contribution in [0.5, 0.6) is 0 Å². The molecule has 1 N–H and O–H groups in total. The van der Waals surface area contributed by atoms with Crippen molar-refractivity contribution in [2.45, 2.75) is 33.1 Å². The average molecular weight is 348 g/mol. The van der Waals surface area contributed by atoms with Crippen molar-refractivity contribution in [3.63, 3.8) is 0 Å². The van der Waals surface area contributed by atoms with Gasteiger partial charge in [-0.15, -0.1) is 0 Å². The van der Waals surface area contributed by atoms with Crippen LogP contribution in [0, 0.1) is 13.8 Å². The van der Waals surface area contributed by atoms with Gasteiger partial charge in [-0.05, 0) is 44.0 Å². The van der Waals surface area contributed by atoms with Gasteiger partial charge < -0.3 is 5.32 Å². The third kappa shape index (κ3) is 3.89. The second-order valence-corrected chi connectivity index (χ2v) is 6.31. The standard InChI is InChI=1S/C17H22BrN3/c1-11(10-19-4)17-12(2)20-16(21-13(17)3)9-14-7-5-6-8-15(14)18/h5-8,11,19H,9-10H2,1-4H3. The molecule has 0 aliphatic rings. The fraction of sp³-hybridized carbons (Fsp3) is 0.412. The molecule has 0 amide bonds. The molecule has 0 aliphatic heterocycles. The second-order valence-electron chi connectivity index (χ2n) is 5.45. The van der Waals surface area contributed by atoms with Gasteiger partial charge >= 0.3 is 0 Å². The molecule has 0 saturated heterocycles. The summed E-state index contributed by atoms with van der Waals surface area (Å²) in [5.41, 5.74) is 4.66. The quantitative estimate of drug-likeness (QED) is 0.894. The van der Waals surface area contributed by atoms with E-state index in [0.29, 0.717) is 5.92 Å². The molecule has 0 spiro atoms. The first-order valence-electron chi connectivity index (χ1n) is 7.25. The molecule has 1 heterocycles. The van der Waals surface area contributed by atoms with Crippen LogP contribution in [0.25, 0.3) is 0 Å². The highest BCUT2D eigenvalue weighted by molar-refractivity contribution is 9.10. The van der Waals surface area contributed by atoms with Crippen molar-refractivity contribution < 1.29 is 0 Å². The van der Waals surface area contributed by atoms with Crippen molar-refractivity contribution >= 4 is 15.9 Å². The van der Waals surface area contributed by atoms with Crippen LogP contribution in [-0.4, -0.2) is 23.6 Å². The van der Waals surface area contributed by atoms with Gasteiger partial charge in [0.15, 0.2) is 0 Å². The first kappa shape index (κ1) is 16.1. The Labute approximate surface area is 135 Å². The summed E-state index contributed by atoms with van der Waals surface area (Å²) in [6, 6.07) is 8.23. The Bertz CT molecular complexity index is 602. The maximum absolute atomic E-state index is 4.71. The Kier molecular flexibility index (Phi) is 5.48. The van der Waals surface area contributed by atoms with Gasteiger partial charge in [0.05, 0.1) is 0 Å². The molecule has 0 bridgehead atoms. The predicted molar refractivity (Wildman–Crippen MR) is 90.8 cm³/mol. The monoisotopic (exact) mass is 347 g/mol. The summed E-state index contributed by atoms with van der Waals surface area (Å²) in [6.07, 6.45) is 0.754. The highest BCUT2D eigenvalue weighted by Gasteiger charge is 2.15. The summed E-state index contributed by atoms with van der Waals surface area (Å²) < 4.78 is 1.11. The van der Waals surface area contributed by atoms with Crippen molar-refractivity contribution in [2.75, 3.05) is 13.6 Å². The molecule has 4 heteroatoms. The summed E-state index contributed by atoms with van der Waals surface area (Å²) in [5.74, 6) is 1.31. The lowest BCUT2D eigenvalue weighted by Crippen LogP contribution is -2.18. The van der Waals surface area contributed by atoms with Gasteiger partial charge in [-0.25, -0.2) is 9.97 Å². The summed E-state index contributed by atoms with van der Waals surface area (Å²) >= 11 is 3.59. The molecule has 0 radical (unpaired) electrons. The van der Waals surface area contributed by atoms with Crippen LogP contribution in [0.1, 0.15) is 41.2 Å². The van der Waals surface area contributed by atoms with Crippen molar-refractivity contribution in [1.82, 2.24) is 15.3 Å². The minimum Gasteiger partial charge on any atom is -0.319 e. The highest BCUT2D eigenvalue weighted by Crippen LogP contribution is 2.23. The number of likely N-dealkylation sites (N-methyl/N-ethyl adjacent to an activating group) is 1. The van der Waals surface area contributed by atoms with Crippen LogP contribution < -0.4 is 5.32 Å². The minimum atomic E-state index is 0.424. The average Bonchev–Trinajstić information content (AvgIpc) is 2.41. The maximum atomic E-state index is 4.71. The fourth-order valence-electron chi connectivity index (χ4n) is 2.81. The minimum absolute atomic E-state index is 0.424. The first-order valence-corrected chi connectivity index (χ1v) is 8.04. The maximum Gasteiger partial charge on any atom is 0.133 e. The molecule has 0 aliphatic carbocycles. The zero-order chi connectivity index (χ0) is 15.4. The zero-order valence-electron chi connectivity index (χ0n) is 13.1. The van der Waals surface area contributed by atoms with Gasteiger partial charge in [0.25, 0.3) is 0 Å². The van der Waals surface area contributed by atoms with Crippen LogP contribution in [0.4, 0.5) is 0 Å². The number of rotatable bonds is 5. The number of nitrogens with zero attached hydrogens (tertiary/aromatic N) is 2. The third-order valence-corrected chi connectivity index (χ3v) is 4.46. The molecule has 3 nitrogen and oxygen atoms in total. The van der Waals surface area contributed by atoms with Crippen LogP contribution in [0.15, 0.2) is 28.7 Å². The number of aromatic nitrogens is 2. The van der Waals surface area contributed by atoms with E-state index in [2.05, 4.69) is 54.2 Å². The molecule has 1 aromatic carbocycles. The molecule has 112 valence electrons. The summed E-state index contributed by atoms with van der Waals surface area (Å²) in [4.78, 5) is 9.43. The summed E-state index contributed by atoms with van der Waals surface area (Å²) in [6.45, 7) is 7.32. The Balaban J connectivity index is 2.30. The van der Waals surface area contributed by atoms with Crippen molar-refractivity contribution in [3.8, 4) is 0 Å². The highest BCUT2D eigenvalue weighted by atomic mass is 79.9. The van der Waals surface area contributed by atoms with Crippen LogP contribution in [0.2, 0.25) is 0 Å². The van der Waals surface area contributed by atoms with Crippen molar-refractivity contribution in [3.05, 3.63) is 57.1 Å².